The summed E-state index contributed by atoms with van der Waals surface area (Å²) in [6.45, 7) is 4.08. The van der Waals surface area contributed by atoms with Gasteiger partial charge in [-0.2, -0.15) is 0 Å². The van der Waals surface area contributed by atoms with Gasteiger partial charge in [0.1, 0.15) is 0 Å². The van der Waals surface area contributed by atoms with Crippen molar-refractivity contribution in [3.63, 3.8) is 0 Å². The maximum absolute atomic E-state index is 12.2. The first kappa shape index (κ1) is 17.6. The molecule has 3 nitrogen and oxygen atoms in total. The molecule has 0 saturated heterocycles. The van der Waals surface area contributed by atoms with Gasteiger partial charge in [-0.25, -0.2) is 4.98 Å². The Morgan fingerprint density at radius 3 is 2.44 bits per heavy atom. The van der Waals surface area contributed by atoms with E-state index in [1.165, 1.54) is 16.9 Å². The van der Waals surface area contributed by atoms with Gasteiger partial charge in [-0.15, -0.1) is 11.3 Å². The number of nitrogens with one attached hydrogen (secondary N) is 1. The molecule has 25 heavy (non-hydrogen) atoms. The molecular weight excluding hydrogens is 352 g/mol. The van der Waals surface area contributed by atoms with Crippen LogP contribution in [0.1, 0.15) is 22.4 Å². The smallest absolute Gasteiger partial charge is 0.226 e. The van der Waals surface area contributed by atoms with Crippen LogP contribution in [0, 0.1) is 13.8 Å². The van der Waals surface area contributed by atoms with Gasteiger partial charge in [0.15, 0.2) is 5.13 Å². The Kier molecular flexibility index (Phi) is 5.51. The number of benzene rings is 2. The molecule has 0 aliphatic rings. The number of aryl methyl sites for hydroxylation is 3. The van der Waals surface area contributed by atoms with Crippen molar-refractivity contribution in [3.05, 3.63) is 69.6 Å². The first-order valence-corrected chi connectivity index (χ1v) is 9.29. The summed E-state index contributed by atoms with van der Waals surface area (Å²) in [7, 11) is 0. The fraction of sp³-hybridized carbons (Fsp3) is 0.200. The van der Waals surface area contributed by atoms with E-state index in [2.05, 4.69) is 41.5 Å². The maximum atomic E-state index is 12.2. The third-order valence-corrected chi connectivity index (χ3v) is 5.06. The van der Waals surface area contributed by atoms with E-state index in [0.29, 0.717) is 23.0 Å². The summed E-state index contributed by atoms with van der Waals surface area (Å²) in [6.07, 6.45) is 1.10. The fourth-order valence-electron chi connectivity index (χ4n) is 2.52. The largest absolute Gasteiger partial charge is 0.302 e. The predicted octanol–water partition coefficient (Wildman–Crippen LogP) is 5.65. The number of hydrogen-bond acceptors (Lipinski definition) is 3. The molecule has 0 atom stereocenters. The van der Waals surface area contributed by atoms with E-state index in [1.807, 2.05) is 31.2 Å². The molecule has 1 N–H and O–H groups in total. The van der Waals surface area contributed by atoms with E-state index in [4.69, 9.17) is 11.6 Å². The van der Waals surface area contributed by atoms with Crippen molar-refractivity contribution < 1.29 is 4.79 Å². The lowest BCUT2D eigenvalue weighted by Gasteiger charge is -2.02. The Morgan fingerprint density at radius 1 is 1.08 bits per heavy atom. The minimum Gasteiger partial charge on any atom is -0.302 e. The second kappa shape index (κ2) is 7.81. The average molecular weight is 371 g/mol. The van der Waals surface area contributed by atoms with Gasteiger partial charge >= 0.3 is 0 Å². The van der Waals surface area contributed by atoms with E-state index in [-0.39, 0.29) is 5.91 Å². The number of nitrogens with zero attached hydrogens (tertiary/aromatic N) is 1. The first-order valence-electron chi connectivity index (χ1n) is 8.10. The van der Waals surface area contributed by atoms with E-state index < -0.39 is 0 Å². The summed E-state index contributed by atoms with van der Waals surface area (Å²) in [6, 6.07) is 15.8. The third kappa shape index (κ3) is 4.68. The number of thiazole rings is 1. The van der Waals surface area contributed by atoms with Crippen molar-refractivity contribution >= 4 is 34.0 Å². The van der Waals surface area contributed by atoms with Crippen LogP contribution in [0.4, 0.5) is 5.13 Å². The molecule has 3 aromatic rings. The Bertz CT molecular complexity index is 870. The van der Waals surface area contributed by atoms with Gasteiger partial charge in [-0.1, -0.05) is 53.6 Å². The second-order valence-electron chi connectivity index (χ2n) is 5.96. The molecule has 2 aromatic carbocycles. The molecule has 128 valence electrons. The predicted molar refractivity (Wildman–Crippen MR) is 105 cm³/mol. The highest BCUT2D eigenvalue weighted by molar-refractivity contribution is 7.16. The molecule has 0 radical (unpaired) electrons. The molecule has 0 fully saturated rings. The summed E-state index contributed by atoms with van der Waals surface area (Å²) in [5, 5.41) is 4.26. The number of rotatable bonds is 5. The number of anilines is 1. The van der Waals surface area contributed by atoms with Crippen LogP contribution in [0.25, 0.3) is 11.3 Å². The van der Waals surface area contributed by atoms with Gasteiger partial charge in [0, 0.05) is 21.9 Å². The minimum atomic E-state index is -0.0286. The lowest BCUT2D eigenvalue weighted by atomic mass is 10.1. The highest BCUT2D eigenvalue weighted by Gasteiger charge is 2.12. The van der Waals surface area contributed by atoms with Crippen LogP contribution in [0.2, 0.25) is 5.02 Å². The summed E-state index contributed by atoms with van der Waals surface area (Å²) in [4.78, 5) is 17.9. The van der Waals surface area contributed by atoms with Crippen molar-refractivity contribution in [2.75, 3.05) is 5.32 Å². The zero-order valence-electron chi connectivity index (χ0n) is 14.2. The molecule has 0 unspecified atom stereocenters. The Balaban J connectivity index is 1.62. The normalized spacial score (nSPS) is 10.7. The second-order valence-corrected chi connectivity index (χ2v) is 7.60. The number of amides is 1. The molecule has 0 bridgehead atoms. The van der Waals surface area contributed by atoms with Gasteiger partial charge < -0.3 is 5.32 Å². The van der Waals surface area contributed by atoms with Crippen LogP contribution in [0.5, 0.6) is 0 Å². The molecule has 1 heterocycles. The standard InChI is InChI=1S/C20H19ClN2OS/c1-13-3-8-16(9-4-13)19-14(2)25-20(23-19)22-18(24)12-7-15-5-10-17(21)11-6-15/h3-6,8-11H,7,12H2,1-2H3,(H,22,23,24). The van der Waals surface area contributed by atoms with Crippen molar-refractivity contribution in [1.29, 1.82) is 0 Å². The lowest BCUT2D eigenvalue weighted by Crippen LogP contribution is -2.12. The molecule has 3 rings (SSSR count). The number of hydrogen-bond donors (Lipinski definition) is 1. The molecule has 5 heteroatoms. The van der Waals surface area contributed by atoms with E-state index in [0.717, 1.165) is 21.7 Å². The Morgan fingerprint density at radius 2 is 1.76 bits per heavy atom. The topological polar surface area (TPSA) is 42.0 Å². The SMILES string of the molecule is Cc1ccc(-c2nc(NC(=O)CCc3ccc(Cl)cc3)sc2C)cc1. The van der Waals surface area contributed by atoms with Crippen LogP contribution >= 0.6 is 22.9 Å². The summed E-state index contributed by atoms with van der Waals surface area (Å²) in [5.41, 5.74) is 4.31. The molecule has 0 aliphatic carbocycles. The molecule has 0 spiro atoms. The van der Waals surface area contributed by atoms with Crippen molar-refractivity contribution in [1.82, 2.24) is 4.98 Å². The zero-order chi connectivity index (χ0) is 17.8. The maximum Gasteiger partial charge on any atom is 0.226 e. The van der Waals surface area contributed by atoms with Gasteiger partial charge in [0.25, 0.3) is 0 Å². The number of aromatic nitrogens is 1. The van der Waals surface area contributed by atoms with Crippen molar-refractivity contribution in [2.24, 2.45) is 0 Å². The number of halogens is 1. The average Bonchev–Trinajstić information content (AvgIpc) is 2.95. The van der Waals surface area contributed by atoms with Crippen LogP contribution in [-0.4, -0.2) is 10.9 Å². The van der Waals surface area contributed by atoms with Crippen molar-refractivity contribution in [3.8, 4) is 11.3 Å². The molecular formula is C20H19ClN2OS. The molecule has 0 aliphatic heterocycles. The van der Waals surface area contributed by atoms with Crippen LogP contribution in [-0.2, 0) is 11.2 Å². The van der Waals surface area contributed by atoms with Gasteiger partial charge in [-0.05, 0) is 38.0 Å². The van der Waals surface area contributed by atoms with Gasteiger partial charge in [0.05, 0.1) is 5.69 Å². The quantitative estimate of drug-likeness (QED) is 0.630. The van der Waals surface area contributed by atoms with Gasteiger partial charge in [0.2, 0.25) is 5.91 Å². The van der Waals surface area contributed by atoms with Crippen LogP contribution < -0.4 is 5.32 Å². The zero-order valence-corrected chi connectivity index (χ0v) is 15.7. The first-order chi connectivity index (χ1) is 12.0. The fourth-order valence-corrected chi connectivity index (χ4v) is 3.50. The molecule has 0 saturated carbocycles. The van der Waals surface area contributed by atoms with Gasteiger partial charge in [-0.3, -0.25) is 4.79 Å². The van der Waals surface area contributed by atoms with E-state index in [1.54, 1.807) is 0 Å². The Labute approximate surface area is 156 Å². The molecule has 1 aromatic heterocycles. The van der Waals surface area contributed by atoms with E-state index in [9.17, 15) is 4.79 Å². The van der Waals surface area contributed by atoms with Crippen LogP contribution in [0.3, 0.4) is 0 Å². The van der Waals surface area contributed by atoms with E-state index >= 15 is 0 Å². The summed E-state index contributed by atoms with van der Waals surface area (Å²) < 4.78 is 0. The Hall–Kier alpha value is -2.17. The third-order valence-electron chi connectivity index (χ3n) is 3.92. The number of carbonyl (C=O) groups excluding carboxylic acids is 1. The highest BCUT2D eigenvalue weighted by Crippen LogP contribution is 2.30. The summed E-state index contributed by atoms with van der Waals surface area (Å²) >= 11 is 7.38. The summed E-state index contributed by atoms with van der Waals surface area (Å²) in [5.74, 6) is -0.0286. The lowest BCUT2D eigenvalue weighted by molar-refractivity contribution is -0.116. The minimum absolute atomic E-state index is 0.0286. The monoisotopic (exact) mass is 370 g/mol. The number of carbonyl (C=O) groups is 1. The highest BCUT2D eigenvalue weighted by atomic mass is 35.5. The molecule has 1 amide bonds. The van der Waals surface area contributed by atoms with Crippen molar-refractivity contribution in [2.45, 2.75) is 26.7 Å². The van der Waals surface area contributed by atoms with Crippen LogP contribution in [0.15, 0.2) is 48.5 Å².